The number of aromatic nitrogens is 3. The third-order valence-corrected chi connectivity index (χ3v) is 5.16. The topological polar surface area (TPSA) is 71.8 Å². The molecular formula is C21H23N5O. The lowest BCUT2D eigenvalue weighted by atomic mass is 9.85. The van der Waals surface area contributed by atoms with Crippen LogP contribution in [-0.2, 0) is 4.79 Å². The van der Waals surface area contributed by atoms with E-state index in [1.165, 1.54) is 11.9 Å². The summed E-state index contributed by atoms with van der Waals surface area (Å²) < 4.78 is 1.81. The fourth-order valence-corrected chi connectivity index (χ4v) is 3.82. The van der Waals surface area contributed by atoms with Gasteiger partial charge in [-0.2, -0.15) is 10.1 Å². The maximum Gasteiger partial charge on any atom is 0.232 e. The largest absolute Gasteiger partial charge is 0.351 e. The van der Waals surface area contributed by atoms with Crippen LogP contribution in [-0.4, -0.2) is 26.7 Å². The fourth-order valence-electron chi connectivity index (χ4n) is 3.82. The summed E-state index contributed by atoms with van der Waals surface area (Å²) in [5, 5.41) is 10.8. The van der Waals surface area contributed by atoms with Crippen molar-refractivity contribution in [3.05, 3.63) is 71.5 Å². The Hall–Kier alpha value is -3.15. The summed E-state index contributed by atoms with van der Waals surface area (Å²) in [7, 11) is 0. The van der Waals surface area contributed by atoms with Crippen LogP contribution in [0.25, 0.3) is 0 Å². The average Bonchev–Trinajstić information content (AvgIpc) is 3.11. The maximum absolute atomic E-state index is 13.3. The second kappa shape index (κ2) is 6.87. The number of benzene rings is 2. The van der Waals surface area contributed by atoms with Gasteiger partial charge in [-0.15, -0.1) is 0 Å². The van der Waals surface area contributed by atoms with E-state index in [1.807, 2.05) is 67.9 Å². The Morgan fingerprint density at radius 3 is 2.67 bits per heavy atom. The first kappa shape index (κ1) is 17.3. The fraction of sp³-hybridized carbons (Fsp3) is 0.286. The monoisotopic (exact) mass is 361 g/mol. The van der Waals surface area contributed by atoms with Crippen LogP contribution in [0.3, 0.4) is 0 Å². The standard InChI is InChI=1S/C21H23N5O/c1-13-9-10-17(14(2)11-13)25-20(27)18-15(3)24-21-22-12-23-26(21)19(18)16-7-5-4-6-8-16/h4-12,15,18-19H,1-3H3,(H,25,27)(H,22,23,24)/t15-,18-,19+/m1/s1. The summed E-state index contributed by atoms with van der Waals surface area (Å²) in [6, 6.07) is 15.7. The Bertz CT molecular complexity index is 966. The lowest BCUT2D eigenvalue weighted by Gasteiger charge is -2.37. The van der Waals surface area contributed by atoms with Crippen LogP contribution in [0.5, 0.6) is 0 Å². The first-order chi connectivity index (χ1) is 13.0. The van der Waals surface area contributed by atoms with Gasteiger partial charge in [-0.1, -0.05) is 48.0 Å². The number of amides is 1. The van der Waals surface area contributed by atoms with Gasteiger partial charge in [0.1, 0.15) is 6.33 Å². The second-order valence-corrected chi connectivity index (χ2v) is 7.15. The molecule has 2 heterocycles. The number of hydrogen-bond acceptors (Lipinski definition) is 4. The lowest BCUT2D eigenvalue weighted by molar-refractivity contribution is -0.121. The molecule has 4 rings (SSSR count). The van der Waals surface area contributed by atoms with Crippen LogP contribution in [0.1, 0.15) is 29.7 Å². The van der Waals surface area contributed by atoms with Crippen molar-refractivity contribution in [1.29, 1.82) is 0 Å². The minimum Gasteiger partial charge on any atom is -0.351 e. The van der Waals surface area contributed by atoms with Gasteiger partial charge in [0, 0.05) is 11.7 Å². The molecule has 6 nitrogen and oxygen atoms in total. The van der Waals surface area contributed by atoms with Crippen molar-refractivity contribution in [2.75, 3.05) is 10.6 Å². The van der Waals surface area contributed by atoms with E-state index in [2.05, 4.69) is 26.8 Å². The van der Waals surface area contributed by atoms with Crippen molar-refractivity contribution in [1.82, 2.24) is 14.8 Å². The molecule has 2 aromatic carbocycles. The van der Waals surface area contributed by atoms with Gasteiger partial charge in [0.25, 0.3) is 0 Å². The van der Waals surface area contributed by atoms with Crippen molar-refractivity contribution in [2.45, 2.75) is 32.9 Å². The Morgan fingerprint density at radius 1 is 1.15 bits per heavy atom. The molecule has 1 aliphatic rings. The molecule has 0 fully saturated rings. The van der Waals surface area contributed by atoms with Gasteiger partial charge >= 0.3 is 0 Å². The number of nitrogens with one attached hydrogen (secondary N) is 2. The maximum atomic E-state index is 13.3. The first-order valence-electron chi connectivity index (χ1n) is 9.13. The van der Waals surface area contributed by atoms with Crippen LogP contribution in [0.2, 0.25) is 0 Å². The van der Waals surface area contributed by atoms with Crippen molar-refractivity contribution < 1.29 is 4.79 Å². The van der Waals surface area contributed by atoms with Crippen molar-refractivity contribution in [3.63, 3.8) is 0 Å². The van der Waals surface area contributed by atoms with Gasteiger partial charge in [0.15, 0.2) is 0 Å². The van der Waals surface area contributed by atoms with Crippen molar-refractivity contribution in [3.8, 4) is 0 Å². The number of anilines is 2. The summed E-state index contributed by atoms with van der Waals surface area (Å²) >= 11 is 0. The predicted octanol–water partition coefficient (Wildman–Crippen LogP) is 3.55. The van der Waals surface area contributed by atoms with Crippen LogP contribution in [0.4, 0.5) is 11.6 Å². The highest BCUT2D eigenvalue weighted by Crippen LogP contribution is 2.36. The summed E-state index contributed by atoms with van der Waals surface area (Å²) in [5.41, 5.74) is 4.11. The summed E-state index contributed by atoms with van der Waals surface area (Å²) in [4.78, 5) is 17.6. The van der Waals surface area contributed by atoms with Gasteiger partial charge in [0.2, 0.25) is 11.9 Å². The zero-order valence-corrected chi connectivity index (χ0v) is 15.7. The SMILES string of the molecule is Cc1ccc(NC(=O)[C@@H]2[C@@H](C)Nc3ncnn3[C@H]2c2ccccc2)c(C)c1. The molecule has 0 unspecified atom stereocenters. The van der Waals surface area contributed by atoms with Gasteiger partial charge < -0.3 is 10.6 Å². The Labute approximate surface area is 158 Å². The van der Waals surface area contributed by atoms with Crippen LogP contribution < -0.4 is 10.6 Å². The number of aryl methyl sites for hydroxylation is 2. The molecule has 0 aliphatic carbocycles. The number of nitrogens with zero attached hydrogens (tertiary/aromatic N) is 3. The van der Waals surface area contributed by atoms with Gasteiger partial charge in [-0.3, -0.25) is 4.79 Å². The van der Waals surface area contributed by atoms with E-state index in [4.69, 9.17) is 0 Å². The highest BCUT2D eigenvalue weighted by atomic mass is 16.2. The molecule has 1 amide bonds. The van der Waals surface area contributed by atoms with Gasteiger partial charge in [-0.25, -0.2) is 4.68 Å². The number of fused-ring (bicyclic) bond motifs is 1. The van der Waals surface area contributed by atoms with E-state index in [0.717, 1.165) is 16.8 Å². The second-order valence-electron chi connectivity index (χ2n) is 7.15. The molecular weight excluding hydrogens is 338 g/mol. The normalized spacial score (nSPS) is 21.2. The minimum absolute atomic E-state index is 0.0306. The molecule has 0 spiro atoms. The number of carbonyl (C=O) groups excluding carboxylic acids is 1. The Morgan fingerprint density at radius 2 is 1.93 bits per heavy atom. The highest BCUT2D eigenvalue weighted by molar-refractivity contribution is 5.94. The highest BCUT2D eigenvalue weighted by Gasteiger charge is 2.41. The molecule has 1 aromatic heterocycles. The molecule has 0 radical (unpaired) electrons. The molecule has 2 N–H and O–H groups in total. The molecule has 1 aliphatic heterocycles. The molecule has 138 valence electrons. The van der Waals surface area contributed by atoms with E-state index >= 15 is 0 Å². The first-order valence-corrected chi connectivity index (χ1v) is 9.13. The summed E-state index contributed by atoms with van der Waals surface area (Å²) in [6.45, 7) is 6.07. The van der Waals surface area contributed by atoms with Crippen molar-refractivity contribution in [2.24, 2.45) is 5.92 Å². The average molecular weight is 361 g/mol. The molecule has 6 heteroatoms. The molecule has 27 heavy (non-hydrogen) atoms. The van der Waals surface area contributed by atoms with E-state index in [0.29, 0.717) is 5.95 Å². The predicted molar refractivity (Wildman–Crippen MR) is 106 cm³/mol. The number of rotatable bonds is 3. The molecule has 3 aromatic rings. The lowest BCUT2D eigenvalue weighted by Crippen LogP contribution is -2.46. The summed E-state index contributed by atoms with van der Waals surface area (Å²) in [6.07, 6.45) is 1.52. The van der Waals surface area contributed by atoms with Gasteiger partial charge in [-0.05, 0) is 38.0 Å². The van der Waals surface area contributed by atoms with E-state index < -0.39 is 0 Å². The van der Waals surface area contributed by atoms with Crippen molar-refractivity contribution >= 4 is 17.5 Å². The zero-order chi connectivity index (χ0) is 19.0. The third kappa shape index (κ3) is 3.18. The molecule has 0 saturated heterocycles. The van der Waals surface area contributed by atoms with E-state index in [9.17, 15) is 4.79 Å². The van der Waals surface area contributed by atoms with Crippen LogP contribution in [0, 0.1) is 19.8 Å². The molecule has 0 bridgehead atoms. The van der Waals surface area contributed by atoms with E-state index in [-0.39, 0.29) is 23.9 Å². The minimum atomic E-state index is -0.331. The van der Waals surface area contributed by atoms with Crippen LogP contribution >= 0.6 is 0 Å². The third-order valence-electron chi connectivity index (χ3n) is 5.16. The smallest absolute Gasteiger partial charge is 0.232 e. The Kier molecular flexibility index (Phi) is 4.39. The zero-order valence-electron chi connectivity index (χ0n) is 15.7. The molecule has 3 atom stereocenters. The van der Waals surface area contributed by atoms with E-state index in [1.54, 1.807) is 0 Å². The van der Waals surface area contributed by atoms with Gasteiger partial charge in [0.05, 0.1) is 12.0 Å². The number of hydrogen-bond donors (Lipinski definition) is 2. The Balaban J connectivity index is 1.71. The quantitative estimate of drug-likeness (QED) is 0.748. The summed E-state index contributed by atoms with van der Waals surface area (Å²) in [5.74, 6) is 0.325. The number of carbonyl (C=O) groups is 1. The van der Waals surface area contributed by atoms with Crippen LogP contribution in [0.15, 0.2) is 54.9 Å². The molecule has 0 saturated carbocycles.